The number of hydrogen-bond acceptors (Lipinski definition) is 2. The van der Waals surface area contributed by atoms with E-state index in [1.165, 1.54) is 31.2 Å². The lowest BCUT2D eigenvalue weighted by Crippen LogP contribution is -2.48. The third-order valence-corrected chi connectivity index (χ3v) is 5.33. The summed E-state index contributed by atoms with van der Waals surface area (Å²) in [5.74, 6) is 1.85. The number of guanidine groups is 1. The SMILES string of the molecule is CCNC(=NCC1CC1)NC1CCN(Cc2ccc(Br)cc2)CC1. The van der Waals surface area contributed by atoms with Gasteiger partial charge in [0.25, 0.3) is 0 Å². The fraction of sp³-hybridized carbons (Fsp3) is 0.632. The minimum Gasteiger partial charge on any atom is -0.357 e. The third kappa shape index (κ3) is 5.78. The van der Waals surface area contributed by atoms with Gasteiger partial charge in [0.05, 0.1) is 0 Å². The van der Waals surface area contributed by atoms with Crippen molar-refractivity contribution in [1.82, 2.24) is 15.5 Å². The van der Waals surface area contributed by atoms with Crippen molar-refractivity contribution in [3.63, 3.8) is 0 Å². The zero-order valence-electron chi connectivity index (χ0n) is 14.6. The number of nitrogens with zero attached hydrogens (tertiary/aromatic N) is 2. The van der Waals surface area contributed by atoms with Crippen LogP contribution in [0.1, 0.15) is 38.2 Å². The molecule has 0 radical (unpaired) electrons. The molecule has 0 unspecified atom stereocenters. The zero-order chi connectivity index (χ0) is 16.8. The molecule has 2 aliphatic rings. The summed E-state index contributed by atoms with van der Waals surface area (Å²) in [6.45, 7) is 7.40. The average Bonchev–Trinajstić information content (AvgIpc) is 3.41. The smallest absolute Gasteiger partial charge is 0.191 e. The Balaban J connectivity index is 1.43. The Kier molecular flexibility index (Phi) is 6.55. The number of likely N-dealkylation sites (tertiary alicyclic amines) is 1. The third-order valence-electron chi connectivity index (χ3n) is 4.80. The largest absolute Gasteiger partial charge is 0.357 e. The Hall–Kier alpha value is -1.07. The van der Waals surface area contributed by atoms with Gasteiger partial charge < -0.3 is 10.6 Å². The fourth-order valence-corrected chi connectivity index (χ4v) is 3.38. The molecule has 3 rings (SSSR count). The van der Waals surface area contributed by atoms with Crippen molar-refractivity contribution in [2.45, 2.75) is 45.2 Å². The molecule has 0 spiro atoms. The Bertz CT molecular complexity index is 531. The van der Waals surface area contributed by atoms with Gasteiger partial charge >= 0.3 is 0 Å². The van der Waals surface area contributed by atoms with E-state index in [-0.39, 0.29) is 0 Å². The molecule has 1 aromatic rings. The van der Waals surface area contributed by atoms with Crippen LogP contribution in [0.4, 0.5) is 0 Å². The molecule has 1 saturated carbocycles. The van der Waals surface area contributed by atoms with Crippen molar-refractivity contribution in [3.05, 3.63) is 34.3 Å². The van der Waals surface area contributed by atoms with E-state index in [9.17, 15) is 0 Å². The minimum absolute atomic E-state index is 0.545. The number of rotatable bonds is 6. The molecule has 1 saturated heterocycles. The van der Waals surface area contributed by atoms with E-state index in [1.807, 2.05) is 0 Å². The molecule has 0 bridgehead atoms. The van der Waals surface area contributed by atoms with E-state index in [2.05, 4.69) is 62.7 Å². The normalized spacial score (nSPS) is 20.2. The Labute approximate surface area is 154 Å². The van der Waals surface area contributed by atoms with Crippen molar-refractivity contribution in [2.75, 3.05) is 26.2 Å². The highest BCUT2D eigenvalue weighted by Gasteiger charge is 2.22. The summed E-state index contributed by atoms with van der Waals surface area (Å²) in [6.07, 6.45) is 5.09. The van der Waals surface area contributed by atoms with Crippen LogP contribution in [0.2, 0.25) is 0 Å². The van der Waals surface area contributed by atoms with Crippen LogP contribution in [0.5, 0.6) is 0 Å². The summed E-state index contributed by atoms with van der Waals surface area (Å²) in [7, 11) is 0. The van der Waals surface area contributed by atoms with Gasteiger partial charge in [0.15, 0.2) is 5.96 Å². The van der Waals surface area contributed by atoms with Gasteiger partial charge in [-0.25, -0.2) is 0 Å². The number of aliphatic imine (C=N–C) groups is 1. The maximum absolute atomic E-state index is 4.74. The van der Waals surface area contributed by atoms with Gasteiger partial charge in [-0.05, 0) is 56.2 Å². The van der Waals surface area contributed by atoms with E-state index >= 15 is 0 Å². The van der Waals surface area contributed by atoms with Crippen molar-refractivity contribution in [2.24, 2.45) is 10.9 Å². The van der Waals surface area contributed by atoms with Crippen LogP contribution in [-0.4, -0.2) is 43.1 Å². The Morgan fingerprint density at radius 2 is 1.88 bits per heavy atom. The molecular weight excluding hydrogens is 364 g/mol. The first-order valence-electron chi connectivity index (χ1n) is 9.24. The molecule has 0 amide bonds. The average molecular weight is 393 g/mol. The lowest BCUT2D eigenvalue weighted by molar-refractivity contribution is 0.198. The molecule has 5 heteroatoms. The van der Waals surface area contributed by atoms with Gasteiger partial charge in [-0.3, -0.25) is 9.89 Å². The highest BCUT2D eigenvalue weighted by Crippen LogP contribution is 2.28. The molecular formula is C19H29BrN4. The van der Waals surface area contributed by atoms with Gasteiger partial charge in [0.2, 0.25) is 0 Å². The van der Waals surface area contributed by atoms with E-state index < -0.39 is 0 Å². The molecule has 132 valence electrons. The monoisotopic (exact) mass is 392 g/mol. The van der Waals surface area contributed by atoms with Crippen molar-refractivity contribution in [3.8, 4) is 0 Å². The molecule has 1 aliphatic heterocycles. The predicted octanol–water partition coefficient (Wildman–Crippen LogP) is 3.38. The molecule has 2 fully saturated rings. The lowest BCUT2D eigenvalue weighted by atomic mass is 10.0. The molecule has 0 aromatic heterocycles. The van der Waals surface area contributed by atoms with Crippen molar-refractivity contribution >= 4 is 21.9 Å². The minimum atomic E-state index is 0.545. The summed E-state index contributed by atoms with van der Waals surface area (Å²) in [4.78, 5) is 7.29. The van der Waals surface area contributed by atoms with Gasteiger partial charge in [0.1, 0.15) is 0 Å². The Morgan fingerprint density at radius 3 is 2.50 bits per heavy atom. The number of halogens is 1. The van der Waals surface area contributed by atoms with E-state index in [0.717, 1.165) is 49.1 Å². The maximum Gasteiger partial charge on any atom is 0.191 e. The van der Waals surface area contributed by atoms with Gasteiger partial charge in [0, 0.05) is 43.2 Å². The van der Waals surface area contributed by atoms with Crippen LogP contribution in [0.15, 0.2) is 33.7 Å². The molecule has 1 aliphatic carbocycles. The lowest BCUT2D eigenvalue weighted by Gasteiger charge is -2.33. The molecule has 2 N–H and O–H groups in total. The quantitative estimate of drug-likeness (QED) is 0.575. The second kappa shape index (κ2) is 8.86. The van der Waals surface area contributed by atoms with Crippen molar-refractivity contribution in [1.29, 1.82) is 0 Å². The highest BCUT2D eigenvalue weighted by molar-refractivity contribution is 9.10. The molecule has 4 nitrogen and oxygen atoms in total. The van der Waals surface area contributed by atoms with Crippen LogP contribution in [0.3, 0.4) is 0 Å². The second-order valence-corrected chi connectivity index (χ2v) is 7.90. The van der Waals surface area contributed by atoms with Crippen molar-refractivity contribution < 1.29 is 0 Å². The predicted molar refractivity (Wildman–Crippen MR) is 104 cm³/mol. The first kappa shape index (κ1) is 17.7. The first-order valence-corrected chi connectivity index (χ1v) is 10.0. The van der Waals surface area contributed by atoms with Crippen LogP contribution >= 0.6 is 15.9 Å². The van der Waals surface area contributed by atoms with E-state index in [4.69, 9.17) is 4.99 Å². The highest BCUT2D eigenvalue weighted by atomic mass is 79.9. The summed E-state index contributed by atoms with van der Waals surface area (Å²) in [6, 6.07) is 9.22. The fourth-order valence-electron chi connectivity index (χ4n) is 3.12. The maximum atomic E-state index is 4.74. The molecule has 0 atom stereocenters. The van der Waals surface area contributed by atoms with Crippen LogP contribution < -0.4 is 10.6 Å². The number of benzene rings is 1. The Morgan fingerprint density at radius 1 is 1.17 bits per heavy atom. The topological polar surface area (TPSA) is 39.7 Å². The van der Waals surface area contributed by atoms with E-state index in [1.54, 1.807) is 0 Å². The van der Waals surface area contributed by atoms with Crippen LogP contribution in [0.25, 0.3) is 0 Å². The van der Waals surface area contributed by atoms with Crippen LogP contribution in [-0.2, 0) is 6.54 Å². The first-order chi connectivity index (χ1) is 11.7. The molecule has 1 aromatic carbocycles. The second-order valence-electron chi connectivity index (χ2n) is 6.98. The number of piperidine rings is 1. The summed E-state index contributed by atoms with van der Waals surface area (Å²) >= 11 is 3.50. The summed E-state index contributed by atoms with van der Waals surface area (Å²) < 4.78 is 1.15. The summed E-state index contributed by atoms with van der Waals surface area (Å²) in [5.41, 5.74) is 1.39. The zero-order valence-corrected chi connectivity index (χ0v) is 16.2. The molecule has 24 heavy (non-hydrogen) atoms. The van der Waals surface area contributed by atoms with Gasteiger partial charge in [-0.2, -0.15) is 0 Å². The molecule has 1 heterocycles. The standard InChI is InChI=1S/C19H29BrN4/c1-2-21-19(22-13-15-3-4-15)23-18-9-11-24(12-10-18)14-16-5-7-17(20)8-6-16/h5-8,15,18H,2-4,9-14H2,1H3,(H2,21,22,23). The number of nitrogens with one attached hydrogen (secondary N) is 2. The van der Waals surface area contributed by atoms with Gasteiger partial charge in [-0.15, -0.1) is 0 Å². The van der Waals surface area contributed by atoms with Gasteiger partial charge in [-0.1, -0.05) is 28.1 Å². The summed E-state index contributed by atoms with van der Waals surface area (Å²) in [5, 5.41) is 7.03. The van der Waals surface area contributed by atoms with Crippen LogP contribution in [0, 0.1) is 5.92 Å². The van der Waals surface area contributed by atoms with E-state index in [0.29, 0.717) is 6.04 Å². The number of hydrogen-bond donors (Lipinski definition) is 2.